The molecule has 1 aromatic carbocycles. The molecule has 0 saturated heterocycles. The second-order valence-electron chi connectivity index (χ2n) is 9.00. The monoisotopic (exact) mass is 476 g/mol. The van der Waals surface area contributed by atoms with Crippen LogP contribution in [-0.2, 0) is 16.9 Å². The summed E-state index contributed by atoms with van der Waals surface area (Å²) in [5.74, 6) is -1.78. The smallest absolute Gasteiger partial charge is 0.202 e. The summed E-state index contributed by atoms with van der Waals surface area (Å²) in [6.07, 6.45) is 3.79. The van der Waals surface area contributed by atoms with Crippen molar-refractivity contribution in [2.45, 2.75) is 58.2 Å². The number of Topliss-reactive ketones (excluding diaryl/α,β-unsaturated/α-hetero) is 1. The fourth-order valence-electron chi connectivity index (χ4n) is 3.37. The third kappa shape index (κ3) is 5.45. The number of nitrogens with one attached hydrogen (secondary N) is 1. The van der Waals surface area contributed by atoms with Crippen molar-refractivity contribution in [2.75, 3.05) is 0 Å². The largest absolute Gasteiger partial charge is 0.598 e. The molecule has 2 unspecified atom stereocenters. The predicted molar refractivity (Wildman–Crippen MR) is 121 cm³/mol. The van der Waals surface area contributed by atoms with E-state index in [4.69, 9.17) is 4.42 Å². The average Bonchev–Trinajstić information content (AvgIpc) is 3.06. The molecule has 0 aliphatic carbocycles. The lowest BCUT2D eigenvalue weighted by Crippen LogP contribution is -2.51. The number of ketones is 1. The SMILES string of the molecule is Cc1nc(C)c(C(=O)CC(C)(N[S+]([O-])C(C)(C)C)c2cc(-c3cncnc3)c(F)cc2F)o1. The van der Waals surface area contributed by atoms with Crippen molar-refractivity contribution in [1.29, 1.82) is 0 Å². The number of hydrogen-bond donors (Lipinski definition) is 1. The molecule has 0 spiro atoms. The topological polar surface area (TPSA) is 104 Å². The lowest BCUT2D eigenvalue weighted by Gasteiger charge is -2.35. The van der Waals surface area contributed by atoms with Crippen molar-refractivity contribution in [1.82, 2.24) is 19.7 Å². The summed E-state index contributed by atoms with van der Waals surface area (Å²) >= 11 is -1.68. The Morgan fingerprint density at radius 1 is 1.12 bits per heavy atom. The van der Waals surface area contributed by atoms with Crippen LogP contribution in [-0.4, -0.2) is 30.0 Å². The number of carbonyl (C=O) groups excluding carboxylic acids is 1. The van der Waals surface area contributed by atoms with Gasteiger partial charge in [0.1, 0.15) is 22.7 Å². The average molecular weight is 477 g/mol. The van der Waals surface area contributed by atoms with E-state index in [9.17, 15) is 13.7 Å². The third-order valence-electron chi connectivity index (χ3n) is 5.07. The molecular weight excluding hydrogens is 450 g/mol. The van der Waals surface area contributed by atoms with E-state index in [-0.39, 0.29) is 23.3 Å². The lowest BCUT2D eigenvalue weighted by atomic mass is 9.85. The van der Waals surface area contributed by atoms with Gasteiger partial charge in [-0.2, -0.15) is 0 Å². The van der Waals surface area contributed by atoms with Gasteiger partial charge in [0.25, 0.3) is 0 Å². The zero-order valence-electron chi connectivity index (χ0n) is 19.3. The number of carbonyl (C=O) groups is 1. The van der Waals surface area contributed by atoms with E-state index in [2.05, 4.69) is 19.7 Å². The van der Waals surface area contributed by atoms with Crippen LogP contribution >= 0.6 is 0 Å². The molecule has 0 fully saturated rings. The van der Waals surface area contributed by atoms with Crippen molar-refractivity contribution >= 4 is 17.1 Å². The summed E-state index contributed by atoms with van der Waals surface area (Å²) in [4.78, 5) is 25.0. The normalized spacial score (nSPS) is 14.7. The summed E-state index contributed by atoms with van der Waals surface area (Å²) in [6, 6.07) is 2.04. The Labute approximate surface area is 194 Å². The van der Waals surface area contributed by atoms with Crippen molar-refractivity contribution in [3.05, 3.63) is 65.4 Å². The lowest BCUT2D eigenvalue weighted by molar-refractivity contribution is 0.0919. The van der Waals surface area contributed by atoms with Gasteiger partial charge in [0.15, 0.2) is 11.7 Å². The number of aryl methyl sites for hydroxylation is 2. The minimum Gasteiger partial charge on any atom is -0.598 e. The van der Waals surface area contributed by atoms with Crippen molar-refractivity contribution in [3.8, 4) is 11.1 Å². The van der Waals surface area contributed by atoms with Crippen LogP contribution in [0.3, 0.4) is 0 Å². The molecule has 0 aliphatic rings. The molecule has 0 aliphatic heterocycles. The molecule has 2 aromatic heterocycles. The van der Waals surface area contributed by atoms with Crippen LogP contribution in [0.5, 0.6) is 0 Å². The summed E-state index contributed by atoms with van der Waals surface area (Å²) < 4.78 is 50.5. The Hall–Kier alpha value is -2.69. The molecule has 176 valence electrons. The molecule has 33 heavy (non-hydrogen) atoms. The highest BCUT2D eigenvalue weighted by atomic mass is 32.2. The van der Waals surface area contributed by atoms with Gasteiger partial charge >= 0.3 is 0 Å². The molecular formula is C23H26F2N4O3S. The highest BCUT2D eigenvalue weighted by molar-refractivity contribution is 7.90. The molecule has 1 N–H and O–H groups in total. The number of hydrogen-bond acceptors (Lipinski definition) is 7. The highest BCUT2D eigenvalue weighted by Gasteiger charge is 2.42. The Morgan fingerprint density at radius 2 is 1.76 bits per heavy atom. The second-order valence-corrected chi connectivity index (χ2v) is 11.0. The van der Waals surface area contributed by atoms with E-state index in [0.29, 0.717) is 17.1 Å². The molecule has 0 radical (unpaired) electrons. The number of rotatable bonds is 7. The molecule has 2 heterocycles. The van der Waals surface area contributed by atoms with Gasteiger partial charge in [-0.1, -0.05) is 0 Å². The van der Waals surface area contributed by atoms with Crippen LogP contribution in [0.25, 0.3) is 11.1 Å². The second kappa shape index (κ2) is 9.28. The Kier molecular flexibility index (Phi) is 7.01. The van der Waals surface area contributed by atoms with Gasteiger partial charge in [0, 0.05) is 59.9 Å². The van der Waals surface area contributed by atoms with Gasteiger partial charge in [0.2, 0.25) is 5.78 Å². The molecule has 0 bridgehead atoms. The Balaban J connectivity index is 2.13. The first-order chi connectivity index (χ1) is 15.3. The third-order valence-corrected chi connectivity index (χ3v) is 6.82. The molecule has 0 amide bonds. The Morgan fingerprint density at radius 3 is 2.30 bits per heavy atom. The van der Waals surface area contributed by atoms with Gasteiger partial charge in [-0.3, -0.25) is 4.79 Å². The van der Waals surface area contributed by atoms with E-state index in [0.717, 1.165) is 6.07 Å². The van der Waals surface area contributed by atoms with E-state index < -0.39 is 39.1 Å². The minimum atomic E-state index is -1.68. The minimum absolute atomic E-state index is 0.0254. The number of benzene rings is 1. The highest BCUT2D eigenvalue weighted by Crippen LogP contribution is 2.35. The van der Waals surface area contributed by atoms with E-state index >= 15 is 4.39 Å². The van der Waals surface area contributed by atoms with E-state index in [1.54, 1.807) is 41.5 Å². The quantitative estimate of drug-likeness (QED) is 0.394. The summed E-state index contributed by atoms with van der Waals surface area (Å²) in [5.41, 5.74) is -0.699. The molecule has 10 heteroatoms. The van der Waals surface area contributed by atoms with E-state index in [1.807, 2.05) is 0 Å². The first kappa shape index (κ1) is 24.9. The van der Waals surface area contributed by atoms with E-state index in [1.165, 1.54) is 24.8 Å². The molecule has 2 atom stereocenters. The van der Waals surface area contributed by atoms with Gasteiger partial charge < -0.3 is 8.97 Å². The fraction of sp³-hybridized carbons (Fsp3) is 0.391. The standard InChI is InChI=1S/C23H26F2N4O3S/c1-13-21(32-14(2)28-13)20(30)9-23(6,29-33(31)22(3,4)5)17-7-16(18(24)8-19(17)25)15-10-26-12-27-11-15/h7-8,10-12,29H,9H2,1-6H3. The number of nitrogens with zero attached hydrogens (tertiary/aromatic N) is 3. The van der Waals surface area contributed by atoms with Crippen LogP contribution in [0.1, 0.15) is 61.8 Å². The zero-order chi connectivity index (χ0) is 24.6. The van der Waals surface area contributed by atoms with Crippen LogP contribution in [0, 0.1) is 25.5 Å². The fourth-order valence-corrected chi connectivity index (χ4v) is 4.26. The zero-order valence-corrected chi connectivity index (χ0v) is 20.1. The van der Waals surface area contributed by atoms with Crippen LogP contribution in [0.4, 0.5) is 8.78 Å². The number of halogens is 2. The molecule has 3 aromatic rings. The maximum Gasteiger partial charge on any atom is 0.202 e. The maximum absolute atomic E-state index is 15.2. The van der Waals surface area contributed by atoms with Gasteiger partial charge in [-0.05, 0) is 40.7 Å². The van der Waals surface area contributed by atoms with Gasteiger partial charge in [-0.15, -0.1) is 4.72 Å². The van der Waals surface area contributed by atoms with Gasteiger partial charge in [0.05, 0.1) is 11.2 Å². The van der Waals surface area contributed by atoms with Crippen molar-refractivity contribution < 1.29 is 22.5 Å². The van der Waals surface area contributed by atoms with Crippen LogP contribution < -0.4 is 4.72 Å². The first-order valence-corrected chi connectivity index (χ1v) is 11.4. The van der Waals surface area contributed by atoms with Gasteiger partial charge in [-0.25, -0.2) is 23.7 Å². The van der Waals surface area contributed by atoms with Crippen LogP contribution in [0.15, 0.2) is 35.3 Å². The van der Waals surface area contributed by atoms with Crippen molar-refractivity contribution in [3.63, 3.8) is 0 Å². The molecule has 0 saturated carbocycles. The first-order valence-electron chi connectivity index (χ1n) is 10.2. The maximum atomic E-state index is 15.2. The predicted octanol–water partition coefficient (Wildman–Crippen LogP) is 4.57. The van der Waals surface area contributed by atoms with Crippen molar-refractivity contribution in [2.24, 2.45) is 0 Å². The summed E-state index contributed by atoms with van der Waals surface area (Å²) in [5, 5.41) is 0. The molecule has 3 rings (SSSR count). The number of oxazole rings is 1. The summed E-state index contributed by atoms with van der Waals surface area (Å²) in [7, 11) is 0. The molecule has 7 nitrogen and oxygen atoms in total. The Bertz CT molecular complexity index is 1160. The van der Waals surface area contributed by atoms with Crippen LogP contribution in [0.2, 0.25) is 0 Å². The number of aromatic nitrogens is 3. The summed E-state index contributed by atoms with van der Waals surface area (Å²) in [6.45, 7) is 10.0.